The number of likely N-dealkylation sites (tertiary alicyclic amines) is 2. The fourth-order valence-electron chi connectivity index (χ4n) is 3.87. The van der Waals surface area contributed by atoms with Crippen LogP contribution in [0.4, 0.5) is 0 Å². The van der Waals surface area contributed by atoms with Crippen LogP contribution in [-0.4, -0.2) is 67.5 Å². The maximum absolute atomic E-state index is 12.4. The monoisotopic (exact) mass is 519 g/mol. The lowest BCUT2D eigenvalue weighted by molar-refractivity contribution is -0.130. The first kappa shape index (κ1) is 23.4. The third-order valence-electron chi connectivity index (χ3n) is 5.34. The summed E-state index contributed by atoms with van der Waals surface area (Å²) in [5.41, 5.74) is 0. The van der Waals surface area contributed by atoms with Crippen molar-refractivity contribution in [3.05, 3.63) is 22.4 Å². The highest BCUT2D eigenvalue weighted by atomic mass is 127. The van der Waals surface area contributed by atoms with Crippen molar-refractivity contribution >= 4 is 47.2 Å². The Labute approximate surface area is 190 Å². The lowest BCUT2D eigenvalue weighted by Gasteiger charge is -2.28. The SMILES string of the molecule is CCNC(=NCC(=O)N1CCCCC1)NCC(c1cccs1)N1CCCC1.I. The van der Waals surface area contributed by atoms with Crippen LogP contribution < -0.4 is 10.6 Å². The van der Waals surface area contributed by atoms with Gasteiger partial charge < -0.3 is 15.5 Å². The molecule has 1 atom stereocenters. The molecule has 8 heteroatoms. The average molecular weight is 519 g/mol. The van der Waals surface area contributed by atoms with Gasteiger partial charge in [0.2, 0.25) is 5.91 Å². The van der Waals surface area contributed by atoms with E-state index in [1.54, 1.807) is 0 Å². The number of thiophene rings is 1. The molecule has 1 aromatic rings. The summed E-state index contributed by atoms with van der Waals surface area (Å²) in [7, 11) is 0. The van der Waals surface area contributed by atoms with Gasteiger partial charge in [-0.3, -0.25) is 9.69 Å². The molecular formula is C20H34IN5OS. The van der Waals surface area contributed by atoms with Gasteiger partial charge in [0.15, 0.2) is 5.96 Å². The van der Waals surface area contributed by atoms with Crippen LogP contribution in [0, 0.1) is 0 Å². The fraction of sp³-hybridized carbons (Fsp3) is 0.700. The molecule has 3 heterocycles. The minimum absolute atomic E-state index is 0. The van der Waals surface area contributed by atoms with Crippen LogP contribution in [0.2, 0.25) is 0 Å². The minimum atomic E-state index is 0. The number of carbonyl (C=O) groups excluding carboxylic acids is 1. The van der Waals surface area contributed by atoms with E-state index in [9.17, 15) is 4.79 Å². The van der Waals surface area contributed by atoms with Crippen molar-refractivity contribution < 1.29 is 4.79 Å². The molecule has 2 saturated heterocycles. The summed E-state index contributed by atoms with van der Waals surface area (Å²) < 4.78 is 0. The van der Waals surface area contributed by atoms with Gasteiger partial charge >= 0.3 is 0 Å². The van der Waals surface area contributed by atoms with Gasteiger partial charge in [0.1, 0.15) is 6.54 Å². The van der Waals surface area contributed by atoms with E-state index in [-0.39, 0.29) is 36.4 Å². The molecular weight excluding hydrogens is 485 g/mol. The molecule has 28 heavy (non-hydrogen) atoms. The molecule has 3 rings (SSSR count). The first-order valence-corrected chi connectivity index (χ1v) is 11.2. The molecule has 1 aromatic heterocycles. The highest BCUT2D eigenvalue weighted by Crippen LogP contribution is 2.27. The van der Waals surface area contributed by atoms with Crippen molar-refractivity contribution in [2.24, 2.45) is 4.99 Å². The van der Waals surface area contributed by atoms with Gasteiger partial charge in [0.25, 0.3) is 0 Å². The molecule has 0 aliphatic carbocycles. The van der Waals surface area contributed by atoms with E-state index >= 15 is 0 Å². The number of hydrogen-bond donors (Lipinski definition) is 2. The number of piperidine rings is 1. The molecule has 0 radical (unpaired) electrons. The molecule has 2 aliphatic heterocycles. The minimum Gasteiger partial charge on any atom is -0.357 e. The maximum atomic E-state index is 12.4. The summed E-state index contributed by atoms with van der Waals surface area (Å²) in [6.45, 7) is 7.96. The normalized spacial score (nSPS) is 19.2. The van der Waals surface area contributed by atoms with Crippen LogP contribution in [-0.2, 0) is 4.79 Å². The zero-order valence-corrected chi connectivity index (χ0v) is 20.0. The number of aliphatic imine (C=N–C) groups is 1. The van der Waals surface area contributed by atoms with E-state index in [1.807, 2.05) is 16.2 Å². The highest BCUT2D eigenvalue weighted by molar-refractivity contribution is 14.0. The van der Waals surface area contributed by atoms with Gasteiger partial charge in [-0.2, -0.15) is 0 Å². The van der Waals surface area contributed by atoms with Crippen molar-refractivity contribution in [1.82, 2.24) is 20.4 Å². The van der Waals surface area contributed by atoms with E-state index in [0.717, 1.165) is 58.1 Å². The standard InChI is InChI=1S/C20H33N5OS.HI/c1-2-21-20(23-16-19(26)25-12-4-3-5-13-25)22-15-17(18-9-8-14-27-18)24-10-6-7-11-24;/h8-9,14,17H,2-7,10-13,15-16H2,1H3,(H2,21,22,23);1H. The molecule has 158 valence electrons. The van der Waals surface area contributed by atoms with Crippen LogP contribution in [0.15, 0.2) is 22.5 Å². The second-order valence-corrected chi connectivity index (χ2v) is 8.27. The predicted octanol–water partition coefficient (Wildman–Crippen LogP) is 3.07. The van der Waals surface area contributed by atoms with Crippen molar-refractivity contribution in [2.75, 3.05) is 45.8 Å². The zero-order chi connectivity index (χ0) is 18.9. The van der Waals surface area contributed by atoms with Crippen LogP contribution in [0.1, 0.15) is 49.9 Å². The topological polar surface area (TPSA) is 60.0 Å². The van der Waals surface area contributed by atoms with E-state index in [0.29, 0.717) is 6.04 Å². The fourth-order valence-corrected chi connectivity index (χ4v) is 4.73. The number of guanidine groups is 1. The predicted molar refractivity (Wildman–Crippen MR) is 128 cm³/mol. The molecule has 2 fully saturated rings. The van der Waals surface area contributed by atoms with Gasteiger partial charge in [-0.15, -0.1) is 35.3 Å². The third-order valence-corrected chi connectivity index (χ3v) is 6.31. The zero-order valence-electron chi connectivity index (χ0n) is 16.9. The smallest absolute Gasteiger partial charge is 0.244 e. The number of hydrogen-bond acceptors (Lipinski definition) is 4. The quantitative estimate of drug-likeness (QED) is 0.331. The molecule has 2 aliphatic rings. The van der Waals surface area contributed by atoms with Gasteiger partial charge in [-0.1, -0.05) is 6.07 Å². The number of nitrogens with zero attached hydrogens (tertiary/aromatic N) is 3. The first-order chi connectivity index (χ1) is 13.3. The highest BCUT2D eigenvalue weighted by Gasteiger charge is 2.24. The summed E-state index contributed by atoms with van der Waals surface area (Å²) in [4.78, 5) is 22.9. The van der Waals surface area contributed by atoms with E-state index in [1.165, 1.54) is 24.1 Å². The summed E-state index contributed by atoms with van der Waals surface area (Å²) in [6, 6.07) is 4.72. The van der Waals surface area contributed by atoms with Crippen LogP contribution in [0.3, 0.4) is 0 Å². The van der Waals surface area contributed by atoms with Crippen molar-refractivity contribution in [2.45, 2.75) is 45.1 Å². The summed E-state index contributed by atoms with van der Waals surface area (Å²) >= 11 is 1.82. The van der Waals surface area contributed by atoms with Gasteiger partial charge in [-0.25, -0.2) is 4.99 Å². The second kappa shape index (κ2) is 12.6. The Bertz CT molecular complexity index is 598. The Morgan fingerprint density at radius 3 is 2.50 bits per heavy atom. The Morgan fingerprint density at radius 2 is 1.86 bits per heavy atom. The van der Waals surface area contributed by atoms with Crippen LogP contribution in [0.25, 0.3) is 0 Å². The van der Waals surface area contributed by atoms with Crippen molar-refractivity contribution in [3.63, 3.8) is 0 Å². The van der Waals surface area contributed by atoms with Gasteiger partial charge in [-0.05, 0) is 63.6 Å². The number of amides is 1. The Kier molecular flexibility index (Phi) is 10.6. The molecule has 0 aromatic carbocycles. The summed E-state index contributed by atoms with van der Waals surface area (Å²) in [6.07, 6.45) is 6.02. The third kappa shape index (κ3) is 6.88. The van der Waals surface area contributed by atoms with Crippen LogP contribution in [0.5, 0.6) is 0 Å². The second-order valence-electron chi connectivity index (χ2n) is 7.29. The Morgan fingerprint density at radius 1 is 1.14 bits per heavy atom. The average Bonchev–Trinajstić information content (AvgIpc) is 3.41. The van der Waals surface area contributed by atoms with Crippen molar-refractivity contribution in [3.8, 4) is 0 Å². The molecule has 2 N–H and O–H groups in total. The summed E-state index contributed by atoms with van der Waals surface area (Å²) in [5.74, 6) is 0.880. The number of carbonyl (C=O) groups is 1. The number of rotatable bonds is 7. The lowest BCUT2D eigenvalue weighted by atomic mass is 10.1. The largest absolute Gasteiger partial charge is 0.357 e. The molecule has 0 bridgehead atoms. The number of halogens is 1. The Hall–Kier alpha value is -0.870. The lowest BCUT2D eigenvalue weighted by Crippen LogP contribution is -2.43. The van der Waals surface area contributed by atoms with E-state index < -0.39 is 0 Å². The number of nitrogens with one attached hydrogen (secondary N) is 2. The van der Waals surface area contributed by atoms with Crippen molar-refractivity contribution in [1.29, 1.82) is 0 Å². The van der Waals surface area contributed by atoms with E-state index in [2.05, 4.69) is 45.0 Å². The van der Waals surface area contributed by atoms with Crippen LogP contribution >= 0.6 is 35.3 Å². The molecule has 1 amide bonds. The Balaban J connectivity index is 0.00000280. The maximum Gasteiger partial charge on any atom is 0.244 e. The van der Waals surface area contributed by atoms with Gasteiger partial charge in [0.05, 0.1) is 6.04 Å². The molecule has 0 saturated carbocycles. The summed E-state index contributed by atoms with van der Waals surface area (Å²) in [5, 5.41) is 8.91. The molecule has 6 nitrogen and oxygen atoms in total. The van der Waals surface area contributed by atoms with Gasteiger partial charge in [0, 0.05) is 31.1 Å². The molecule has 1 unspecified atom stereocenters. The molecule has 0 spiro atoms. The first-order valence-electron chi connectivity index (χ1n) is 10.4. The van der Waals surface area contributed by atoms with E-state index in [4.69, 9.17) is 0 Å².